The van der Waals surface area contributed by atoms with Gasteiger partial charge in [0.15, 0.2) is 6.10 Å². The van der Waals surface area contributed by atoms with E-state index in [0.29, 0.717) is 64.7 Å². The smallest absolute Gasteiger partial charge is 0.418 e. The number of thiophene rings is 1. The van der Waals surface area contributed by atoms with Crippen LogP contribution in [0.5, 0.6) is 0 Å². The summed E-state index contributed by atoms with van der Waals surface area (Å²) in [5, 5.41) is 10.3. The summed E-state index contributed by atoms with van der Waals surface area (Å²) in [6, 6.07) is 2.57. The Kier molecular flexibility index (Phi) is 10.7. The molecule has 11 nitrogen and oxygen atoms in total. The summed E-state index contributed by atoms with van der Waals surface area (Å²) < 4.78 is 47.3. The summed E-state index contributed by atoms with van der Waals surface area (Å²) in [7, 11) is 0. The first-order valence-corrected chi connectivity index (χ1v) is 18.2. The Morgan fingerprint density at radius 3 is 2.38 bits per heavy atom. The van der Waals surface area contributed by atoms with Gasteiger partial charge in [-0.2, -0.15) is 13.2 Å². The van der Waals surface area contributed by atoms with Gasteiger partial charge in [-0.05, 0) is 89.8 Å². The van der Waals surface area contributed by atoms with Gasteiger partial charge in [0.25, 0.3) is 5.91 Å². The van der Waals surface area contributed by atoms with E-state index < -0.39 is 35.5 Å². The topological polar surface area (TPSA) is 123 Å². The average molecular weight is 757 g/mol. The third-order valence-corrected chi connectivity index (χ3v) is 11.4. The Bertz CT molecular complexity index is 1490. The zero-order valence-corrected chi connectivity index (χ0v) is 29.0. The Morgan fingerprint density at radius 2 is 1.69 bits per heavy atom. The molecule has 4 N–H and O–H groups in total. The van der Waals surface area contributed by atoms with E-state index in [4.69, 9.17) is 10.5 Å². The number of anilines is 2. The summed E-state index contributed by atoms with van der Waals surface area (Å²) in [5.74, 6) is -0.432. The van der Waals surface area contributed by atoms with Crippen LogP contribution in [-0.4, -0.2) is 115 Å². The van der Waals surface area contributed by atoms with Crippen LogP contribution in [0.2, 0.25) is 0 Å². The van der Waals surface area contributed by atoms with Gasteiger partial charge in [0.1, 0.15) is 0 Å². The number of piperazine rings is 1. The number of nitrogens with one attached hydrogen (secondary N) is 2. The van der Waals surface area contributed by atoms with Gasteiger partial charge in [-0.15, -0.1) is 11.3 Å². The fourth-order valence-electron chi connectivity index (χ4n) is 7.16. The number of urea groups is 1. The van der Waals surface area contributed by atoms with E-state index in [1.54, 1.807) is 16.2 Å². The lowest BCUT2D eigenvalue weighted by molar-refractivity contribution is -0.143. The predicted octanol–water partition coefficient (Wildman–Crippen LogP) is 4.61. The molecule has 16 heteroatoms. The molecule has 4 aliphatic rings. The molecule has 0 bridgehead atoms. The molecule has 0 radical (unpaired) electrons. The highest BCUT2D eigenvalue weighted by molar-refractivity contribution is 9.10. The zero-order chi connectivity index (χ0) is 34.0. The number of nitrogen functional groups attached to an aromatic ring is 1. The van der Waals surface area contributed by atoms with Crippen molar-refractivity contribution in [2.45, 2.75) is 62.9 Å². The van der Waals surface area contributed by atoms with Crippen LogP contribution in [0.1, 0.15) is 42.4 Å². The highest BCUT2D eigenvalue weighted by Crippen LogP contribution is 2.38. The van der Waals surface area contributed by atoms with E-state index in [0.717, 1.165) is 49.7 Å². The van der Waals surface area contributed by atoms with E-state index in [1.165, 1.54) is 11.0 Å². The van der Waals surface area contributed by atoms with Crippen molar-refractivity contribution in [2.75, 3.05) is 70.0 Å². The molecular formula is C32H41BrF3N7O4S. The molecule has 48 heavy (non-hydrogen) atoms. The van der Waals surface area contributed by atoms with Crippen LogP contribution in [0, 0.1) is 0 Å². The fraction of sp³-hybridized carbons (Fsp3) is 0.594. The number of amides is 4. The van der Waals surface area contributed by atoms with Crippen LogP contribution in [0.25, 0.3) is 0 Å². The van der Waals surface area contributed by atoms with Gasteiger partial charge in [0.2, 0.25) is 0 Å². The van der Waals surface area contributed by atoms with Gasteiger partial charge in [-0.3, -0.25) is 9.69 Å². The molecule has 1 atom stereocenters. The number of hydrogen-bond donors (Lipinski definition) is 3. The van der Waals surface area contributed by atoms with E-state index >= 15 is 0 Å². The third-order valence-electron chi connectivity index (χ3n) is 9.92. The largest absolute Gasteiger partial charge is 0.436 e. The molecular weight excluding hydrogens is 715 g/mol. The lowest BCUT2D eigenvalue weighted by Crippen LogP contribution is -2.56. The molecule has 4 aliphatic heterocycles. The standard InChI is InChI=1S/C32H41BrF3N7O4S/c33-25-16-20(15-24(28(25)37)32(34,35)36)17-27(29(44)41-13-11-40(12-14-41)22-1-6-38-7-2-22)47-31(46)42-8-4-23(5-9-42)43-10-3-21-18-48-19-26(21)39-30(43)45/h15-16,18-19,22-23,27,38H,1-14,17,37H2,(H,39,45)/t27-/m1/s1. The number of ether oxygens (including phenoxy) is 1. The van der Waals surface area contributed by atoms with Crippen LogP contribution >= 0.6 is 27.3 Å². The van der Waals surface area contributed by atoms with Gasteiger partial charge in [0.05, 0.1) is 16.9 Å². The van der Waals surface area contributed by atoms with Crippen LogP contribution in [-0.2, 0) is 28.5 Å². The Morgan fingerprint density at radius 1 is 0.979 bits per heavy atom. The number of nitrogens with two attached hydrogens (primary N) is 1. The summed E-state index contributed by atoms with van der Waals surface area (Å²) in [4.78, 5) is 47.8. The van der Waals surface area contributed by atoms with E-state index in [9.17, 15) is 27.6 Å². The van der Waals surface area contributed by atoms with Crippen LogP contribution < -0.4 is 16.4 Å². The molecule has 1 aromatic heterocycles. The molecule has 0 spiro atoms. The maximum Gasteiger partial charge on any atom is 0.418 e. The molecule has 0 saturated carbocycles. The van der Waals surface area contributed by atoms with Gasteiger partial charge < -0.3 is 35.8 Å². The summed E-state index contributed by atoms with van der Waals surface area (Å²) >= 11 is 4.68. The van der Waals surface area contributed by atoms with E-state index in [-0.39, 0.29) is 28.5 Å². The lowest BCUT2D eigenvalue weighted by Gasteiger charge is -2.41. The summed E-state index contributed by atoms with van der Waals surface area (Å²) in [5.41, 5.74) is 6.38. The number of alkyl halides is 3. The molecule has 0 aliphatic carbocycles. The maximum absolute atomic E-state index is 13.9. The van der Waals surface area contributed by atoms with E-state index in [2.05, 4.69) is 31.5 Å². The second kappa shape index (κ2) is 14.8. The number of likely N-dealkylation sites (tertiary alicyclic amines) is 1. The van der Waals surface area contributed by atoms with Crippen molar-refractivity contribution < 1.29 is 32.3 Å². The predicted molar refractivity (Wildman–Crippen MR) is 180 cm³/mol. The molecule has 4 amide bonds. The first kappa shape index (κ1) is 34.8. The van der Waals surface area contributed by atoms with Crippen molar-refractivity contribution in [1.29, 1.82) is 0 Å². The number of nitrogens with zero attached hydrogens (tertiary/aromatic N) is 4. The van der Waals surface area contributed by atoms with Crippen LogP contribution in [0.15, 0.2) is 27.4 Å². The molecule has 5 heterocycles. The van der Waals surface area contributed by atoms with Gasteiger partial charge in [0, 0.05) is 74.2 Å². The van der Waals surface area contributed by atoms with Gasteiger partial charge in [-0.25, -0.2) is 9.59 Å². The molecule has 262 valence electrons. The number of rotatable bonds is 6. The van der Waals surface area contributed by atoms with Crippen LogP contribution in [0.4, 0.5) is 34.1 Å². The van der Waals surface area contributed by atoms with Gasteiger partial charge in [-0.1, -0.05) is 0 Å². The van der Waals surface area contributed by atoms with Crippen molar-refractivity contribution in [3.63, 3.8) is 0 Å². The molecule has 0 unspecified atom stereocenters. The first-order valence-electron chi connectivity index (χ1n) is 16.4. The number of hydrogen-bond acceptors (Lipinski definition) is 8. The maximum atomic E-state index is 13.9. The number of carbonyl (C=O) groups is 3. The van der Waals surface area contributed by atoms with Crippen molar-refractivity contribution in [2.24, 2.45) is 0 Å². The van der Waals surface area contributed by atoms with Crippen molar-refractivity contribution >= 4 is 56.7 Å². The highest BCUT2D eigenvalue weighted by atomic mass is 79.9. The number of benzene rings is 1. The zero-order valence-electron chi connectivity index (χ0n) is 26.6. The SMILES string of the molecule is Nc1c(Br)cc(C[C@@H](OC(=O)N2CCC(N3CCc4cscc4NC3=O)CC2)C(=O)N2CCN(C3CCNCC3)CC2)cc1C(F)(F)F. The molecule has 3 saturated heterocycles. The summed E-state index contributed by atoms with van der Waals surface area (Å²) in [6.45, 7) is 5.34. The van der Waals surface area contributed by atoms with Crippen LogP contribution in [0.3, 0.4) is 0 Å². The number of fused-ring (bicyclic) bond motifs is 1. The second-order valence-corrected chi connectivity index (χ2v) is 14.5. The van der Waals surface area contributed by atoms with E-state index in [1.807, 2.05) is 15.7 Å². The minimum Gasteiger partial charge on any atom is -0.436 e. The first-order chi connectivity index (χ1) is 23.0. The van der Waals surface area contributed by atoms with Crippen molar-refractivity contribution in [3.8, 4) is 0 Å². The monoisotopic (exact) mass is 755 g/mol. The third kappa shape index (κ3) is 7.87. The molecule has 1 aromatic carbocycles. The Labute approximate surface area is 290 Å². The second-order valence-electron chi connectivity index (χ2n) is 12.9. The number of piperidine rings is 2. The summed E-state index contributed by atoms with van der Waals surface area (Å²) in [6.07, 6.45) is -3.09. The molecule has 6 rings (SSSR count). The Hall–Kier alpha value is -3.08. The number of halogens is 4. The van der Waals surface area contributed by atoms with Gasteiger partial charge >= 0.3 is 18.3 Å². The van der Waals surface area contributed by atoms with Crippen molar-refractivity contribution in [1.82, 2.24) is 24.9 Å². The number of carbonyl (C=O) groups excluding carboxylic acids is 3. The highest BCUT2D eigenvalue weighted by Gasteiger charge is 2.38. The normalized spacial score (nSPS) is 21.0. The minimum atomic E-state index is -4.70. The molecule has 2 aromatic rings. The minimum absolute atomic E-state index is 0.0509. The quantitative estimate of drug-likeness (QED) is 0.368. The average Bonchev–Trinajstić information content (AvgIpc) is 3.45. The fourth-order valence-corrected chi connectivity index (χ4v) is 8.49. The van der Waals surface area contributed by atoms with Crippen molar-refractivity contribution in [3.05, 3.63) is 44.1 Å². The Balaban J connectivity index is 1.12. The lowest BCUT2D eigenvalue weighted by atomic mass is 10.0. The molecule has 3 fully saturated rings.